The van der Waals surface area contributed by atoms with Crippen molar-refractivity contribution in [1.82, 2.24) is 19.7 Å². The molecule has 3 rings (SSSR count). The molecule has 35 heavy (non-hydrogen) atoms. The highest BCUT2D eigenvalue weighted by Crippen LogP contribution is 2.29. The van der Waals surface area contributed by atoms with Crippen LogP contribution in [0.4, 0.5) is 13.2 Å². The van der Waals surface area contributed by atoms with Crippen LogP contribution in [0.3, 0.4) is 0 Å². The molecule has 1 heterocycles. The summed E-state index contributed by atoms with van der Waals surface area (Å²) < 4.78 is 40.2. The third-order valence-electron chi connectivity index (χ3n) is 4.98. The van der Waals surface area contributed by atoms with E-state index in [9.17, 15) is 27.9 Å². The molecule has 2 aromatic carbocycles. The molecule has 0 bridgehead atoms. The quantitative estimate of drug-likeness (QED) is 0.396. The van der Waals surface area contributed by atoms with E-state index < -0.39 is 43.0 Å². The van der Waals surface area contributed by atoms with Crippen LogP contribution in [0.1, 0.15) is 11.6 Å². The number of carbonyl (C=O) groups excluding carboxylic acids is 1. The predicted molar refractivity (Wildman–Crippen MR) is 125 cm³/mol. The summed E-state index contributed by atoms with van der Waals surface area (Å²) in [6.07, 6.45) is -7.80. The highest BCUT2D eigenvalue weighted by molar-refractivity contribution is 6.42. The van der Waals surface area contributed by atoms with E-state index in [1.165, 1.54) is 24.3 Å². The van der Waals surface area contributed by atoms with Crippen molar-refractivity contribution in [2.24, 2.45) is 5.73 Å². The van der Waals surface area contributed by atoms with Crippen LogP contribution in [0.25, 0.3) is 11.4 Å². The number of aliphatic hydroxyl groups excluding tert-OH is 1. The number of amides is 1. The van der Waals surface area contributed by atoms with Crippen molar-refractivity contribution in [3.63, 3.8) is 0 Å². The molecule has 2 atom stereocenters. The number of benzene rings is 2. The molecule has 0 radical (unpaired) electrons. The van der Waals surface area contributed by atoms with Gasteiger partial charge in [-0.25, -0.2) is 9.48 Å². The van der Waals surface area contributed by atoms with Crippen LogP contribution in [-0.2, 0) is 17.9 Å². The van der Waals surface area contributed by atoms with Gasteiger partial charge in [-0.05, 0) is 35.9 Å². The second-order valence-electron chi connectivity index (χ2n) is 7.44. The van der Waals surface area contributed by atoms with E-state index in [2.05, 4.69) is 10.4 Å². The van der Waals surface area contributed by atoms with E-state index in [1.807, 2.05) is 0 Å². The Balaban J connectivity index is 1.91. The minimum atomic E-state index is -4.97. The summed E-state index contributed by atoms with van der Waals surface area (Å²) in [5.41, 5.74) is 5.43. The number of hydrogen-bond donors (Lipinski definition) is 3. The van der Waals surface area contributed by atoms with E-state index in [1.54, 1.807) is 18.2 Å². The number of nitrogens with one attached hydrogen (secondary N) is 1. The SMILES string of the molecule is NCC(NC(=O)Cn1nc(-c2ccc(Cl)cc2)n(C[C@H](O)C(F)(F)F)c1=O)c1cccc(Cl)c1Cl. The number of halogens is 6. The van der Waals surface area contributed by atoms with Crippen LogP contribution in [0.5, 0.6) is 0 Å². The zero-order valence-electron chi connectivity index (χ0n) is 17.8. The highest BCUT2D eigenvalue weighted by Gasteiger charge is 2.39. The van der Waals surface area contributed by atoms with E-state index in [-0.39, 0.29) is 28.0 Å². The standard InChI is InChI=1S/C21H19Cl3F3N5O3/c22-12-6-4-11(5-7-12)19-30-32(20(35)31(19)9-16(33)21(25,26)27)10-17(34)29-15(8-28)13-2-1-3-14(23)18(13)24/h1-7,15-16,33H,8-10,28H2,(H,29,34)/t15?,16-/m0/s1. The molecule has 0 spiro atoms. The molecule has 0 aliphatic rings. The number of aliphatic hydroxyl groups is 1. The summed E-state index contributed by atoms with van der Waals surface area (Å²) in [5, 5.41) is 17.0. The second kappa shape index (κ2) is 11.0. The molecule has 0 saturated carbocycles. The molecule has 1 amide bonds. The van der Waals surface area contributed by atoms with Gasteiger partial charge in [-0.3, -0.25) is 9.36 Å². The lowest BCUT2D eigenvalue weighted by Crippen LogP contribution is -2.40. The lowest BCUT2D eigenvalue weighted by Gasteiger charge is -2.19. The van der Waals surface area contributed by atoms with Crippen molar-refractivity contribution in [1.29, 1.82) is 0 Å². The number of aromatic nitrogens is 3. The van der Waals surface area contributed by atoms with Gasteiger partial charge in [0, 0.05) is 17.1 Å². The summed E-state index contributed by atoms with van der Waals surface area (Å²) in [4.78, 5) is 25.6. The third-order valence-corrected chi connectivity index (χ3v) is 6.07. The van der Waals surface area contributed by atoms with Crippen LogP contribution in [0, 0.1) is 0 Å². The fourth-order valence-electron chi connectivity index (χ4n) is 3.23. The number of alkyl halides is 3. The van der Waals surface area contributed by atoms with Gasteiger partial charge in [-0.2, -0.15) is 13.2 Å². The van der Waals surface area contributed by atoms with Gasteiger partial charge < -0.3 is 16.2 Å². The number of carbonyl (C=O) groups is 1. The van der Waals surface area contributed by atoms with Gasteiger partial charge >= 0.3 is 11.9 Å². The van der Waals surface area contributed by atoms with Gasteiger partial charge in [0.15, 0.2) is 11.9 Å². The zero-order valence-corrected chi connectivity index (χ0v) is 20.0. The Kier molecular flexibility index (Phi) is 8.50. The Bertz CT molecular complexity index is 1260. The fraction of sp³-hybridized carbons (Fsp3) is 0.286. The topological polar surface area (TPSA) is 115 Å². The maximum absolute atomic E-state index is 13.0. The Morgan fingerprint density at radius 1 is 1.14 bits per heavy atom. The molecule has 8 nitrogen and oxygen atoms in total. The number of nitrogens with two attached hydrogens (primary N) is 1. The lowest BCUT2D eigenvalue weighted by atomic mass is 10.1. The van der Waals surface area contributed by atoms with E-state index in [0.29, 0.717) is 19.8 Å². The maximum atomic E-state index is 13.0. The highest BCUT2D eigenvalue weighted by atomic mass is 35.5. The van der Waals surface area contributed by atoms with Gasteiger partial charge in [0.05, 0.1) is 22.6 Å². The first-order valence-electron chi connectivity index (χ1n) is 10.0. The molecular weight excluding hydrogens is 534 g/mol. The van der Waals surface area contributed by atoms with Crippen molar-refractivity contribution >= 4 is 40.7 Å². The molecule has 14 heteroatoms. The molecule has 0 saturated heterocycles. The summed E-state index contributed by atoms with van der Waals surface area (Å²) in [7, 11) is 0. The van der Waals surface area contributed by atoms with Gasteiger partial charge in [0.25, 0.3) is 0 Å². The molecule has 1 unspecified atom stereocenters. The molecule has 0 aliphatic carbocycles. The maximum Gasteiger partial charge on any atom is 0.416 e. The number of rotatable bonds is 8. The fourth-order valence-corrected chi connectivity index (χ4v) is 3.79. The number of nitrogens with zero attached hydrogens (tertiary/aromatic N) is 3. The third kappa shape index (κ3) is 6.36. The average Bonchev–Trinajstić information content (AvgIpc) is 3.09. The lowest BCUT2D eigenvalue weighted by molar-refractivity contribution is -0.207. The van der Waals surface area contributed by atoms with E-state index in [0.717, 1.165) is 0 Å². The summed E-state index contributed by atoms with van der Waals surface area (Å²) in [6, 6.07) is 9.83. The molecule has 0 aliphatic heterocycles. The first kappa shape index (κ1) is 27.0. The Hall–Kier alpha value is -2.57. The van der Waals surface area contributed by atoms with Crippen LogP contribution < -0.4 is 16.7 Å². The average molecular weight is 553 g/mol. The van der Waals surface area contributed by atoms with Gasteiger partial charge in [-0.1, -0.05) is 46.9 Å². The van der Waals surface area contributed by atoms with Gasteiger partial charge in [0.1, 0.15) is 6.54 Å². The van der Waals surface area contributed by atoms with Crippen molar-refractivity contribution < 1.29 is 23.1 Å². The van der Waals surface area contributed by atoms with Gasteiger partial charge in [-0.15, -0.1) is 5.10 Å². The number of hydrogen-bond acceptors (Lipinski definition) is 5. The Labute approximate surface area is 212 Å². The smallest absolute Gasteiger partial charge is 0.382 e. The Morgan fingerprint density at radius 2 is 1.80 bits per heavy atom. The zero-order chi connectivity index (χ0) is 25.9. The van der Waals surface area contributed by atoms with Crippen molar-refractivity contribution in [2.75, 3.05) is 6.54 Å². The van der Waals surface area contributed by atoms with E-state index >= 15 is 0 Å². The van der Waals surface area contributed by atoms with Crippen LogP contribution >= 0.6 is 34.8 Å². The molecule has 0 fully saturated rings. The minimum absolute atomic E-state index is 0.0526. The minimum Gasteiger partial charge on any atom is -0.382 e. The molecule has 3 aromatic rings. The second-order valence-corrected chi connectivity index (χ2v) is 8.66. The molecular formula is C21H19Cl3F3N5O3. The monoisotopic (exact) mass is 551 g/mol. The van der Waals surface area contributed by atoms with Crippen LogP contribution in [-0.4, -0.2) is 44.2 Å². The first-order chi connectivity index (χ1) is 16.4. The largest absolute Gasteiger partial charge is 0.416 e. The molecule has 4 N–H and O–H groups in total. The van der Waals surface area contributed by atoms with Crippen LogP contribution in [0.15, 0.2) is 47.3 Å². The Morgan fingerprint density at radius 3 is 2.40 bits per heavy atom. The first-order valence-corrected chi connectivity index (χ1v) is 11.2. The van der Waals surface area contributed by atoms with Crippen LogP contribution in [0.2, 0.25) is 15.1 Å². The predicted octanol–water partition coefficient (Wildman–Crippen LogP) is 3.41. The van der Waals surface area contributed by atoms with E-state index in [4.69, 9.17) is 40.5 Å². The normalized spacial score (nSPS) is 13.5. The summed E-state index contributed by atoms with van der Waals surface area (Å²) >= 11 is 18.1. The van der Waals surface area contributed by atoms with Crippen molar-refractivity contribution in [3.05, 3.63) is 73.6 Å². The van der Waals surface area contributed by atoms with Gasteiger partial charge in [0.2, 0.25) is 5.91 Å². The van der Waals surface area contributed by atoms with Crippen molar-refractivity contribution in [2.45, 2.75) is 31.4 Å². The van der Waals surface area contributed by atoms with Crippen molar-refractivity contribution in [3.8, 4) is 11.4 Å². The molecule has 188 valence electrons. The summed E-state index contributed by atoms with van der Waals surface area (Å²) in [6.45, 7) is -1.81. The molecule has 1 aromatic heterocycles. The summed E-state index contributed by atoms with van der Waals surface area (Å²) in [5.74, 6) is -0.890.